The first-order chi connectivity index (χ1) is 13.2. The van der Waals surface area contributed by atoms with Crippen LogP contribution in [0.15, 0.2) is 48.5 Å². The molecule has 8 heteroatoms. The summed E-state index contributed by atoms with van der Waals surface area (Å²) in [5, 5.41) is 5.31. The van der Waals surface area contributed by atoms with Gasteiger partial charge in [-0.15, -0.1) is 0 Å². The van der Waals surface area contributed by atoms with Gasteiger partial charge in [0.05, 0.1) is 16.8 Å². The fourth-order valence-corrected chi connectivity index (χ4v) is 2.65. The van der Waals surface area contributed by atoms with E-state index in [0.717, 1.165) is 12.1 Å². The monoisotopic (exact) mass is 393 g/mol. The molecular formula is C20H22F3N3O2. The van der Waals surface area contributed by atoms with Gasteiger partial charge in [-0.05, 0) is 30.2 Å². The third kappa shape index (κ3) is 5.82. The summed E-state index contributed by atoms with van der Waals surface area (Å²) in [5.74, 6) is -1.35. The Labute approximate surface area is 161 Å². The standard InChI is InChI=1S/C20H22F3N3O2/c1-13(11-14-5-4-6-15(12-14)20(21,22)23)18(27)26-17-8-3-2-7-16(17)19(28)25-10-9-24/h2-8,12-13H,9-11,24H2,1H3,(H,25,28)(H,26,27). The van der Waals surface area contributed by atoms with E-state index in [-0.39, 0.29) is 24.4 Å². The number of halogens is 3. The second-order valence-corrected chi connectivity index (χ2v) is 6.38. The molecule has 2 aromatic rings. The summed E-state index contributed by atoms with van der Waals surface area (Å²) in [7, 11) is 0. The molecule has 150 valence electrons. The minimum atomic E-state index is -4.43. The summed E-state index contributed by atoms with van der Waals surface area (Å²) < 4.78 is 38.5. The van der Waals surface area contributed by atoms with Crippen LogP contribution in [0.5, 0.6) is 0 Å². The molecule has 0 fully saturated rings. The summed E-state index contributed by atoms with van der Waals surface area (Å²) in [6.07, 6.45) is -4.30. The molecule has 0 saturated carbocycles. The van der Waals surface area contributed by atoms with Crippen LogP contribution in [0, 0.1) is 5.92 Å². The Balaban J connectivity index is 2.08. The van der Waals surface area contributed by atoms with Gasteiger partial charge in [0.25, 0.3) is 5.91 Å². The summed E-state index contributed by atoms with van der Waals surface area (Å²) >= 11 is 0. The Morgan fingerprint density at radius 1 is 1.11 bits per heavy atom. The van der Waals surface area contributed by atoms with E-state index in [1.807, 2.05) is 0 Å². The van der Waals surface area contributed by atoms with Gasteiger partial charge in [-0.3, -0.25) is 9.59 Å². The number of rotatable bonds is 7. The number of hydrogen-bond donors (Lipinski definition) is 3. The van der Waals surface area contributed by atoms with Gasteiger partial charge in [-0.25, -0.2) is 0 Å². The molecule has 0 radical (unpaired) electrons. The van der Waals surface area contributed by atoms with Crippen LogP contribution >= 0.6 is 0 Å². The van der Waals surface area contributed by atoms with E-state index >= 15 is 0 Å². The Bertz CT molecular complexity index is 837. The molecule has 0 aliphatic rings. The van der Waals surface area contributed by atoms with Crippen molar-refractivity contribution < 1.29 is 22.8 Å². The van der Waals surface area contributed by atoms with Gasteiger partial charge in [0, 0.05) is 19.0 Å². The number of carbonyl (C=O) groups excluding carboxylic acids is 2. The Hall–Kier alpha value is -2.87. The molecule has 0 aliphatic heterocycles. The number of anilines is 1. The van der Waals surface area contributed by atoms with E-state index in [4.69, 9.17) is 5.73 Å². The molecule has 1 unspecified atom stereocenters. The van der Waals surface area contributed by atoms with E-state index in [9.17, 15) is 22.8 Å². The summed E-state index contributed by atoms with van der Waals surface area (Å²) in [5.41, 5.74) is 5.65. The molecule has 0 heterocycles. The average Bonchev–Trinajstić information content (AvgIpc) is 2.66. The van der Waals surface area contributed by atoms with Gasteiger partial charge >= 0.3 is 6.18 Å². The minimum absolute atomic E-state index is 0.136. The molecule has 0 aliphatic carbocycles. The highest BCUT2D eigenvalue weighted by atomic mass is 19.4. The van der Waals surface area contributed by atoms with Crippen LogP contribution < -0.4 is 16.4 Å². The zero-order chi connectivity index (χ0) is 20.7. The molecular weight excluding hydrogens is 371 g/mol. The zero-order valence-corrected chi connectivity index (χ0v) is 15.3. The number of nitrogens with two attached hydrogens (primary N) is 1. The molecule has 2 rings (SSSR count). The maximum absolute atomic E-state index is 12.8. The first-order valence-electron chi connectivity index (χ1n) is 8.76. The van der Waals surface area contributed by atoms with Gasteiger partial charge in [0.2, 0.25) is 5.91 Å². The summed E-state index contributed by atoms with van der Waals surface area (Å²) in [4.78, 5) is 24.7. The predicted molar refractivity (Wildman–Crippen MR) is 101 cm³/mol. The number of para-hydroxylation sites is 1. The zero-order valence-electron chi connectivity index (χ0n) is 15.3. The highest BCUT2D eigenvalue weighted by Gasteiger charge is 2.30. The third-order valence-electron chi connectivity index (χ3n) is 4.10. The molecule has 0 spiro atoms. The number of nitrogens with one attached hydrogen (secondary N) is 2. The van der Waals surface area contributed by atoms with Crippen LogP contribution in [-0.4, -0.2) is 24.9 Å². The molecule has 2 aromatic carbocycles. The van der Waals surface area contributed by atoms with Crippen molar-refractivity contribution in [1.29, 1.82) is 0 Å². The highest BCUT2D eigenvalue weighted by molar-refractivity contribution is 6.04. The van der Waals surface area contributed by atoms with Gasteiger partial charge in [-0.1, -0.05) is 37.3 Å². The summed E-state index contributed by atoms with van der Waals surface area (Å²) in [6, 6.07) is 11.4. The largest absolute Gasteiger partial charge is 0.416 e. The lowest BCUT2D eigenvalue weighted by Gasteiger charge is -2.16. The first kappa shape index (κ1) is 21.4. The molecule has 0 aromatic heterocycles. The van der Waals surface area contributed by atoms with Crippen molar-refractivity contribution in [2.24, 2.45) is 11.7 Å². The fraction of sp³-hybridized carbons (Fsp3) is 0.300. The molecule has 4 N–H and O–H groups in total. The fourth-order valence-electron chi connectivity index (χ4n) is 2.65. The van der Waals surface area contributed by atoms with Crippen molar-refractivity contribution in [3.63, 3.8) is 0 Å². The number of alkyl halides is 3. The van der Waals surface area contributed by atoms with E-state index in [1.165, 1.54) is 6.07 Å². The van der Waals surface area contributed by atoms with Crippen molar-refractivity contribution in [3.05, 3.63) is 65.2 Å². The molecule has 1 atom stereocenters. The normalized spacial score (nSPS) is 12.3. The molecule has 28 heavy (non-hydrogen) atoms. The van der Waals surface area contributed by atoms with Gasteiger partial charge in [0.15, 0.2) is 0 Å². The van der Waals surface area contributed by atoms with E-state index < -0.39 is 23.6 Å². The van der Waals surface area contributed by atoms with Crippen molar-refractivity contribution in [2.45, 2.75) is 19.5 Å². The Morgan fingerprint density at radius 2 is 1.82 bits per heavy atom. The molecule has 5 nitrogen and oxygen atoms in total. The van der Waals surface area contributed by atoms with Crippen molar-refractivity contribution in [3.8, 4) is 0 Å². The van der Waals surface area contributed by atoms with Crippen LogP contribution in [0.3, 0.4) is 0 Å². The lowest BCUT2D eigenvalue weighted by Crippen LogP contribution is -2.30. The maximum Gasteiger partial charge on any atom is 0.416 e. The van der Waals surface area contributed by atoms with Crippen molar-refractivity contribution in [2.75, 3.05) is 18.4 Å². The predicted octanol–water partition coefficient (Wildman–Crippen LogP) is 3.21. The first-order valence-corrected chi connectivity index (χ1v) is 8.76. The second-order valence-electron chi connectivity index (χ2n) is 6.38. The highest BCUT2D eigenvalue weighted by Crippen LogP contribution is 2.30. The van der Waals surface area contributed by atoms with Crippen LogP contribution in [0.4, 0.5) is 18.9 Å². The lowest BCUT2D eigenvalue weighted by atomic mass is 9.98. The van der Waals surface area contributed by atoms with Gasteiger partial charge in [0.1, 0.15) is 0 Å². The maximum atomic E-state index is 12.8. The van der Waals surface area contributed by atoms with Crippen LogP contribution in [0.1, 0.15) is 28.4 Å². The second kappa shape index (κ2) is 9.36. The average molecular weight is 393 g/mol. The van der Waals surface area contributed by atoms with Gasteiger partial charge in [-0.2, -0.15) is 13.2 Å². The Morgan fingerprint density at radius 3 is 2.50 bits per heavy atom. The Kier molecular flexibility index (Phi) is 7.17. The number of hydrogen-bond acceptors (Lipinski definition) is 3. The number of carbonyl (C=O) groups is 2. The van der Waals surface area contributed by atoms with Crippen molar-refractivity contribution >= 4 is 17.5 Å². The minimum Gasteiger partial charge on any atom is -0.351 e. The van der Waals surface area contributed by atoms with Crippen LogP contribution in [-0.2, 0) is 17.4 Å². The van der Waals surface area contributed by atoms with Crippen LogP contribution in [0.25, 0.3) is 0 Å². The van der Waals surface area contributed by atoms with E-state index in [0.29, 0.717) is 17.8 Å². The van der Waals surface area contributed by atoms with E-state index in [1.54, 1.807) is 37.3 Å². The third-order valence-corrected chi connectivity index (χ3v) is 4.10. The molecule has 0 bridgehead atoms. The quantitative estimate of drug-likeness (QED) is 0.675. The SMILES string of the molecule is CC(Cc1cccc(C(F)(F)F)c1)C(=O)Nc1ccccc1C(=O)NCCN. The topological polar surface area (TPSA) is 84.2 Å². The van der Waals surface area contributed by atoms with Gasteiger partial charge < -0.3 is 16.4 Å². The number of benzene rings is 2. The summed E-state index contributed by atoms with van der Waals surface area (Å²) in [6.45, 7) is 2.20. The number of amides is 2. The lowest BCUT2D eigenvalue weighted by molar-refractivity contribution is -0.137. The van der Waals surface area contributed by atoms with Crippen molar-refractivity contribution in [1.82, 2.24) is 5.32 Å². The molecule has 2 amide bonds. The van der Waals surface area contributed by atoms with E-state index in [2.05, 4.69) is 10.6 Å². The smallest absolute Gasteiger partial charge is 0.351 e. The van der Waals surface area contributed by atoms with Crippen LogP contribution in [0.2, 0.25) is 0 Å². The molecule has 0 saturated heterocycles.